The summed E-state index contributed by atoms with van der Waals surface area (Å²) in [5, 5.41) is 2.16. The Bertz CT molecular complexity index is 415. The highest BCUT2D eigenvalue weighted by atomic mass is 32.1. The Hall–Kier alpha value is -1.09. The second-order valence-corrected chi connectivity index (χ2v) is 5.11. The molecular weight excluding hydrogens is 204 g/mol. The molecule has 2 heterocycles. The summed E-state index contributed by atoms with van der Waals surface area (Å²) in [6.45, 7) is 6.69. The molecule has 2 aromatic rings. The number of hydrogen-bond donors (Lipinski definition) is 0. The summed E-state index contributed by atoms with van der Waals surface area (Å²) in [6.07, 6.45) is 5.80. The van der Waals surface area contributed by atoms with Crippen LogP contribution in [0.15, 0.2) is 30.2 Å². The normalized spacial score (nSPS) is 13.3. The average Bonchev–Trinajstić information content (AvgIpc) is 2.79. The van der Waals surface area contributed by atoms with Crippen molar-refractivity contribution in [3.8, 4) is 0 Å². The topological polar surface area (TPSA) is 17.8 Å². The molecule has 0 aliphatic heterocycles. The fourth-order valence-corrected chi connectivity index (χ4v) is 3.11. The second kappa shape index (κ2) is 4.19. The highest BCUT2D eigenvalue weighted by molar-refractivity contribution is 7.10. The zero-order valence-corrected chi connectivity index (χ0v) is 10.2. The number of hydrogen-bond acceptors (Lipinski definition) is 2. The van der Waals surface area contributed by atoms with Crippen LogP contribution in [0.2, 0.25) is 0 Å². The van der Waals surface area contributed by atoms with Gasteiger partial charge >= 0.3 is 0 Å². The van der Waals surface area contributed by atoms with Crippen LogP contribution in [0, 0.1) is 12.8 Å². The van der Waals surface area contributed by atoms with Gasteiger partial charge in [0, 0.05) is 17.3 Å². The molecule has 1 unspecified atom stereocenters. The zero-order chi connectivity index (χ0) is 10.8. The quantitative estimate of drug-likeness (QED) is 0.774. The van der Waals surface area contributed by atoms with Crippen LogP contribution in [0.3, 0.4) is 0 Å². The molecule has 0 amide bonds. The molecule has 0 saturated carbocycles. The smallest absolute Gasteiger partial charge is 0.0952 e. The van der Waals surface area contributed by atoms with E-state index in [9.17, 15) is 0 Å². The van der Waals surface area contributed by atoms with E-state index >= 15 is 0 Å². The standard InChI is InChI=1S/C12H16N2S/c1-9(2)11(14-6-5-13-8-14)12-10(3)4-7-15-12/h4-9,11H,1-3H3. The maximum atomic E-state index is 4.13. The lowest BCUT2D eigenvalue weighted by molar-refractivity contribution is 0.441. The van der Waals surface area contributed by atoms with E-state index < -0.39 is 0 Å². The molecule has 2 nitrogen and oxygen atoms in total. The lowest BCUT2D eigenvalue weighted by atomic mass is 10.0. The van der Waals surface area contributed by atoms with E-state index in [-0.39, 0.29) is 0 Å². The van der Waals surface area contributed by atoms with Gasteiger partial charge in [0.1, 0.15) is 0 Å². The molecule has 2 aromatic heterocycles. The molecule has 0 aliphatic carbocycles. The van der Waals surface area contributed by atoms with E-state index in [0.717, 1.165) is 0 Å². The van der Waals surface area contributed by atoms with Gasteiger partial charge in [-0.1, -0.05) is 13.8 Å². The van der Waals surface area contributed by atoms with E-state index in [1.165, 1.54) is 10.4 Å². The molecule has 0 bridgehead atoms. The number of rotatable bonds is 3. The molecule has 0 radical (unpaired) electrons. The second-order valence-electron chi connectivity index (χ2n) is 4.17. The Morgan fingerprint density at radius 1 is 1.40 bits per heavy atom. The van der Waals surface area contributed by atoms with Crippen molar-refractivity contribution in [2.75, 3.05) is 0 Å². The number of aromatic nitrogens is 2. The maximum absolute atomic E-state index is 4.13. The molecule has 0 N–H and O–H groups in total. The monoisotopic (exact) mass is 220 g/mol. The third-order valence-electron chi connectivity index (χ3n) is 2.65. The molecule has 0 fully saturated rings. The lowest BCUT2D eigenvalue weighted by Crippen LogP contribution is -2.14. The van der Waals surface area contributed by atoms with E-state index in [0.29, 0.717) is 12.0 Å². The molecule has 2 rings (SSSR count). The minimum atomic E-state index is 0.424. The average molecular weight is 220 g/mol. The van der Waals surface area contributed by atoms with Crippen molar-refractivity contribution in [1.82, 2.24) is 9.55 Å². The Balaban J connectivity index is 2.41. The largest absolute Gasteiger partial charge is 0.329 e. The van der Waals surface area contributed by atoms with Crippen LogP contribution in [0.5, 0.6) is 0 Å². The summed E-state index contributed by atoms with van der Waals surface area (Å²) < 4.78 is 2.20. The van der Waals surface area contributed by atoms with Gasteiger partial charge in [-0.15, -0.1) is 11.3 Å². The van der Waals surface area contributed by atoms with Crippen molar-refractivity contribution in [3.05, 3.63) is 40.6 Å². The van der Waals surface area contributed by atoms with Gasteiger partial charge in [-0.05, 0) is 29.9 Å². The molecule has 1 atom stereocenters. The Morgan fingerprint density at radius 2 is 2.20 bits per heavy atom. The van der Waals surface area contributed by atoms with E-state index in [4.69, 9.17) is 0 Å². The van der Waals surface area contributed by atoms with Crippen molar-refractivity contribution in [1.29, 1.82) is 0 Å². The first-order chi connectivity index (χ1) is 7.20. The first-order valence-electron chi connectivity index (χ1n) is 5.21. The fraction of sp³-hybridized carbons (Fsp3) is 0.417. The summed E-state index contributed by atoms with van der Waals surface area (Å²) in [5.74, 6) is 0.580. The van der Waals surface area contributed by atoms with Crippen molar-refractivity contribution < 1.29 is 0 Å². The van der Waals surface area contributed by atoms with Crippen molar-refractivity contribution in [2.45, 2.75) is 26.8 Å². The Labute approximate surface area is 94.6 Å². The van der Waals surface area contributed by atoms with E-state index in [2.05, 4.69) is 41.8 Å². The highest BCUT2D eigenvalue weighted by Crippen LogP contribution is 2.32. The number of imidazole rings is 1. The van der Waals surface area contributed by atoms with Gasteiger partial charge in [-0.25, -0.2) is 4.98 Å². The molecular formula is C12H16N2S. The van der Waals surface area contributed by atoms with Crippen LogP contribution >= 0.6 is 11.3 Å². The van der Waals surface area contributed by atoms with Gasteiger partial charge in [-0.2, -0.15) is 0 Å². The summed E-state index contributed by atoms with van der Waals surface area (Å²) >= 11 is 1.84. The van der Waals surface area contributed by atoms with Gasteiger partial charge in [0.05, 0.1) is 12.4 Å². The Kier molecular flexibility index (Phi) is 2.91. The number of aryl methyl sites for hydroxylation is 1. The third-order valence-corrected chi connectivity index (χ3v) is 3.74. The molecule has 0 aromatic carbocycles. The fourth-order valence-electron chi connectivity index (χ4n) is 1.90. The molecule has 15 heavy (non-hydrogen) atoms. The van der Waals surface area contributed by atoms with Crippen LogP contribution < -0.4 is 0 Å². The molecule has 0 aliphatic rings. The number of thiophene rings is 1. The summed E-state index contributed by atoms with van der Waals surface area (Å²) in [5.41, 5.74) is 1.38. The third kappa shape index (κ3) is 1.97. The first-order valence-corrected chi connectivity index (χ1v) is 6.09. The molecule has 3 heteroatoms. The minimum absolute atomic E-state index is 0.424. The highest BCUT2D eigenvalue weighted by Gasteiger charge is 2.20. The van der Waals surface area contributed by atoms with Gasteiger partial charge in [-0.3, -0.25) is 0 Å². The number of nitrogens with zero attached hydrogens (tertiary/aromatic N) is 2. The first kappa shape index (κ1) is 10.4. The van der Waals surface area contributed by atoms with Crippen molar-refractivity contribution in [2.24, 2.45) is 5.92 Å². The van der Waals surface area contributed by atoms with E-state index in [1.54, 1.807) is 0 Å². The molecule has 0 saturated heterocycles. The van der Waals surface area contributed by atoms with Crippen LogP contribution in [0.1, 0.15) is 30.3 Å². The minimum Gasteiger partial charge on any atom is -0.329 e. The van der Waals surface area contributed by atoms with Crippen molar-refractivity contribution >= 4 is 11.3 Å². The van der Waals surface area contributed by atoms with E-state index in [1.807, 2.05) is 30.1 Å². The SMILES string of the molecule is Cc1ccsc1C(C(C)C)n1ccnc1. The summed E-state index contributed by atoms with van der Waals surface area (Å²) in [4.78, 5) is 5.58. The zero-order valence-electron chi connectivity index (χ0n) is 9.34. The van der Waals surface area contributed by atoms with Crippen LogP contribution in [0.4, 0.5) is 0 Å². The predicted molar refractivity (Wildman–Crippen MR) is 64.3 cm³/mol. The lowest BCUT2D eigenvalue weighted by Gasteiger charge is -2.22. The van der Waals surface area contributed by atoms with Crippen LogP contribution in [0.25, 0.3) is 0 Å². The van der Waals surface area contributed by atoms with Gasteiger partial charge in [0.2, 0.25) is 0 Å². The van der Waals surface area contributed by atoms with Gasteiger partial charge < -0.3 is 4.57 Å². The van der Waals surface area contributed by atoms with Crippen LogP contribution in [-0.2, 0) is 0 Å². The van der Waals surface area contributed by atoms with Gasteiger partial charge in [0.25, 0.3) is 0 Å². The Morgan fingerprint density at radius 3 is 2.67 bits per heavy atom. The van der Waals surface area contributed by atoms with Crippen LogP contribution in [-0.4, -0.2) is 9.55 Å². The van der Waals surface area contributed by atoms with Gasteiger partial charge in [0.15, 0.2) is 0 Å². The predicted octanol–water partition coefficient (Wildman–Crippen LogP) is 3.50. The molecule has 0 spiro atoms. The maximum Gasteiger partial charge on any atom is 0.0952 e. The molecule has 80 valence electrons. The van der Waals surface area contributed by atoms with Crippen molar-refractivity contribution in [3.63, 3.8) is 0 Å². The summed E-state index contributed by atoms with van der Waals surface area (Å²) in [6, 6.07) is 2.61. The summed E-state index contributed by atoms with van der Waals surface area (Å²) in [7, 11) is 0.